The van der Waals surface area contributed by atoms with Crippen molar-refractivity contribution in [3.05, 3.63) is 40.4 Å². The normalized spacial score (nSPS) is 18.8. The molecular formula is C15H16ClN3OS. The second-order valence-electron chi connectivity index (χ2n) is 5.16. The van der Waals surface area contributed by atoms with E-state index in [1.54, 1.807) is 6.20 Å². The molecule has 4 nitrogen and oxygen atoms in total. The average molecular weight is 322 g/mol. The Morgan fingerprint density at radius 2 is 2.24 bits per heavy atom. The van der Waals surface area contributed by atoms with E-state index in [4.69, 9.17) is 17.3 Å². The summed E-state index contributed by atoms with van der Waals surface area (Å²) >= 11 is 7.55. The Morgan fingerprint density at radius 1 is 1.43 bits per heavy atom. The van der Waals surface area contributed by atoms with Gasteiger partial charge in [0.25, 0.3) is 5.91 Å². The second-order valence-corrected chi connectivity index (χ2v) is 6.60. The van der Waals surface area contributed by atoms with Gasteiger partial charge < -0.3 is 10.6 Å². The molecule has 0 saturated carbocycles. The van der Waals surface area contributed by atoms with Crippen LogP contribution in [-0.4, -0.2) is 34.9 Å². The highest BCUT2D eigenvalue weighted by Gasteiger charge is 2.24. The van der Waals surface area contributed by atoms with E-state index in [0.717, 1.165) is 30.0 Å². The van der Waals surface area contributed by atoms with Crippen molar-refractivity contribution in [2.75, 3.05) is 13.1 Å². The largest absolute Gasteiger partial charge is 0.336 e. The van der Waals surface area contributed by atoms with Crippen LogP contribution in [0.2, 0.25) is 5.02 Å². The molecule has 0 radical (unpaired) electrons. The van der Waals surface area contributed by atoms with E-state index >= 15 is 0 Å². The van der Waals surface area contributed by atoms with Gasteiger partial charge in [-0.1, -0.05) is 29.8 Å². The average Bonchev–Trinajstić information content (AvgIpc) is 2.96. The first-order valence-electron chi connectivity index (χ1n) is 6.91. The first kappa shape index (κ1) is 14.5. The number of halogens is 1. The maximum absolute atomic E-state index is 12.5. The minimum Gasteiger partial charge on any atom is -0.336 e. The first-order chi connectivity index (χ1) is 10.1. The van der Waals surface area contributed by atoms with Crippen molar-refractivity contribution in [2.45, 2.75) is 18.9 Å². The number of aromatic nitrogens is 1. The summed E-state index contributed by atoms with van der Waals surface area (Å²) in [7, 11) is 0. The van der Waals surface area contributed by atoms with E-state index in [1.165, 1.54) is 11.3 Å². The molecular weight excluding hydrogens is 306 g/mol. The predicted molar refractivity (Wildman–Crippen MR) is 85.7 cm³/mol. The van der Waals surface area contributed by atoms with Crippen LogP contribution in [0.1, 0.15) is 22.5 Å². The number of nitrogens with zero attached hydrogens (tertiary/aromatic N) is 2. The van der Waals surface area contributed by atoms with Gasteiger partial charge in [-0.3, -0.25) is 4.79 Å². The second kappa shape index (κ2) is 6.13. The third-order valence-electron chi connectivity index (χ3n) is 3.57. The lowest BCUT2D eigenvalue weighted by atomic mass is 10.1. The van der Waals surface area contributed by atoms with Gasteiger partial charge in [0.2, 0.25) is 0 Å². The summed E-state index contributed by atoms with van der Waals surface area (Å²) in [5.74, 6) is 0.0148. The highest BCUT2D eigenvalue weighted by atomic mass is 35.5. The van der Waals surface area contributed by atoms with Crippen LogP contribution in [-0.2, 0) is 0 Å². The van der Waals surface area contributed by atoms with Gasteiger partial charge in [-0.05, 0) is 18.9 Å². The Morgan fingerprint density at radius 3 is 3.00 bits per heavy atom. The van der Waals surface area contributed by atoms with Gasteiger partial charge in [0.15, 0.2) is 0 Å². The van der Waals surface area contributed by atoms with E-state index in [1.807, 2.05) is 29.2 Å². The number of amides is 1. The fourth-order valence-electron chi connectivity index (χ4n) is 2.48. The van der Waals surface area contributed by atoms with E-state index in [2.05, 4.69) is 4.98 Å². The molecule has 3 rings (SSSR count). The molecule has 110 valence electrons. The number of nitrogens with two attached hydrogens (primary N) is 1. The summed E-state index contributed by atoms with van der Waals surface area (Å²) < 4.78 is 0. The molecule has 1 aromatic heterocycles. The smallest absolute Gasteiger partial charge is 0.265 e. The summed E-state index contributed by atoms with van der Waals surface area (Å²) in [6.45, 7) is 1.39. The highest BCUT2D eigenvalue weighted by molar-refractivity contribution is 7.17. The summed E-state index contributed by atoms with van der Waals surface area (Å²) in [4.78, 5) is 19.3. The summed E-state index contributed by atoms with van der Waals surface area (Å²) in [5, 5.41) is 1.41. The Bertz CT molecular complexity index is 658. The van der Waals surface area contributed by atoms with Crippen LogP contribution >= 0.6 is 22.9 Å². The fraction of sp³-hybridized carbons (Fsp3) is 0.333. The number of benzene rings is 1. The van der Waals surface area contributed by atoms with Crippen LogP contribution in [0.25, 0.3) is 10.6 Å². The lowest BCUT2D eigenvalue weighted by Crippen LogP contribution is -2.45. The standard InChI is InChI=1S/C15H16ClN3OS/c16-12-6-2-1-5-11(12)14-18-8-13(21-14)15(20)19-7-3-4-10(17)9-19/h1-2,5-6,8,10H,3-4,7,9,17H2/t10-/m1/s1. The van der Waals surface area contributed by atoms with Crippen LogP contribution in [0, 0.1) is 0 Å². The van der Waals surface area contributed by atoms with Gasteiger partial charge in [0, 0.05) is 24.7 Å². The molecule has 1 amide bonds. The molecule has 21 heavy (non-hydrogen) atoms. The van der Waals surface area contributed by atoms with Gasteiger partial charge in [-0.2, -0.15) is 0 Å². The van der Waals surface area contributed by atoms with Gasteiger partial charge in [0.1, 0.15) is 9.88 Å². The number of hydrogen-bond donors (Lipinski definition) is 1. The molecule has 2 aromatic rings. The van der Waals surface area contributed by atoms with Crippen molar-refractivity contribution < 1.29 is 4.79 Å². The number of hydrogen-bond acceptors (Lipinski definition) is 4. The van der Waals surface area contributed by atoms with Crippen molar-refractivity contribution in [3.8, 4) is 10.6 Å². The van der Waals surface area contributed by atoms with Crippen molar-refractivity contribution in [1.29, 1.82) is 0 Å². The molecule has 1 saturated heterocycles. The third-order valence-corrected chi connectivity index (χ3v) is 4.91. The molecule has 0 aliphatic carbocycles. The number of rotatable bonds is 2. The lowest BCUT2D eigenvalue weighted by molar-refractivity contribution is 0.0713. The molecule has 1 aromatic carbocycles. The van der Waals surface area contributed by atoms with Crippen molar-refractivity contribution in [3.63, 3.8) is 0 Å². The maximum atomic E-state index is 12.5. The molecule has 1 aliphatic rings. The number of likely N-dealkylation sites (tertiary alicyclic amines) is 1. The van der Waals surface area contributed by atoms with E-state index in [9.17, 15) is 4.79 Å². The van der Waals surface area contributed by atoms with Gasteiger partial charge in [-0.15, -0.1) is 11.3 Å². The summed E-state index contributed by atoms with van der Waals surface area (Å²) in [6.07, 6.45) is 3.58. The molecule has 0 spiro atoms. The summed E-state index contributed by atoms with van der Waals surface area (Å²) in [6, 6.07) is 7.60. The zero-order chi connectivity index (χ0) is 14.8. The minimum atomic E-state index is 0.0148. The van der Waals surface area contributed by atoms with Gasteiger partial charge >= 0.3 is 0 Å². The summed E-state index contributed by atoms with van der Waals surface area (Å²) in [5.41, 5.74) is 6.79. The fourth-order valence-corrected chi connectivity index (χ4v) is 3.69. The van der Waals surface area contributed by atoms with Gasteiger partial charge in [0.05, 0.1) is 11.2 Å². The van der Waals surface area contributed by atoms with Crippen LogP contribution in [0.4, 0.5) is 0 Å². The van der Waals surface area contributed by atoms with Crippen LogP contribution in [0.5, 0.6) is 0 Å². The molecule has 0 bridgehead atoms. The Labute approximate surface area is 132 Å². The van der Waals surface area contributed by atoms with E-state index < -0.39 is 0 Å². The van der Waals surface area contributed by atoms with E-state index in [0.29, 0.717) is 16.4 Å². The zero-order valence-electron chi connectivity index (χ0n) is 11.5. The number of carbonyl (C=O) groups is 1. The predicted octanol–water partition coefficient (Wildman–Crippen LogP) is 3.03. The van der Waals surface area contributed by atoms with Crippen molar-refractivity contribution in [2.24, 2.45) is 5.73 Å². The Hall–Kier alpha value is -1.43. The number of carbonyl (C=O) groups excluding carboxylic acids is 1. The minimum absolute atomic E-state index is 0.0148. The topological polar surface area (TPSA) is 59.2 Å². The third kappa shape index (κ3) is 3.10. The number of thiazole rings is 1. The molecule has 2 N–H and O–H groups in total. The van der Waals surface area contributed by atoms with Crippen LogP contribution in [0.15, 0.2) is 30.5 Å². The van der Waals surface area contributed by atoms with Crippen LogP contribution in [0.3, 0.4) is 0 Å². The first-order valence-corrected chi connectivity index (χ1v) is 8.10. The molecule has 0 unspecified atom stereocenters. The van der Waals surface area contributed by atoms with E-state index in [-0.39, 0.29) is 11.9 Å². The number of piperidine rings is 1. The van der Waals surface area contributed by atoms with Crippen LogP contribution < -0.4 is 5.73 Å². The highest BCUT2D eigenvalue weighted by Crippen LogP contribution is 2.31. The quantitative estimate of drug-likeness (QED) is 0.925. The van der Waals surface area contributed by atoms with Crippen molar-refractivity contribution >= 4 is 28.8 Å². The molecule has 1 atom stereocenters. The molecule has 1 fully saturated rings. The molecule has 2 heterocycles. The molecule has 1 aliphatic heterocycles. The lowest BCUT2D eigenvalue weighted by Gasteiger charge is -2.30. The van der Waals surface area contributed by atoms with Gasteiger partial charge in [-0.25, -0.2) is 4.98 Å². The maximum Gasteiger partial charge on any atom is 0.265 e. The zero-order valence-corrected chi connectivity index (χ0v) is 13.0. The Balaban J connectivity index is 1.82. The van der Waals surface area contributed by atoms with Crippen molar-refractivity contribution in [1.82, 2.24) is 9.88 Å². The SMILES string of the molecule is N[C@@H]1CCCN(C(=O)c2cnc(-c3ccccc3Cl)s2)C1. The molecule has 6 heteroatoms. The Kier molecular flexibility index (Phi) is 4.24. The monoisotopic (exact) mass is 321 g/mol.